The fraction of sp³-hybridized carbons (Fsp3) is 0.303. The van der Waals surface area contributed by atoms with E-state index in [1.807, 2.05) is 18.5 Å². The Morgan fingerprint density at radius 2 is 1.89 bits per heavy atom. The summed E-state index contributed by atoms with van der Waals surface area (Å²) in [5, 5.41) is 1.20. The number of benzene rings is 2. The molecule has 0 saturated carbocycles. The maximum Gasteiger partial charge on any atom is 0.0849 e. The van der Waals surface area contributed by atoms with E-state index in [2.05, 4.69) is 79.2 Å². The van der Waals surface area contributed by atoms with Gasteiger partial charge in [0.1, 0.15) is 0 Å². The first-order valence-corrected chi connectivity index (χ1v) is 13.5. The molecule has 37 heavy (non-hydrogen) atoms. The molecule has 2 heterocycles. The van der Waals surface area contributed by atoms with Crippen LogP contribution in [0.4, 0.5) is 0 Å². The summed E-state index contributed by atoms with van der Waals surface area (Å²) in [4.78, 5) is 14.4. The number of nitrogens with two attached hydrogens (primary N) is 1. The van der Waals surface area contributed by atoms with Crippen molar-refractivity contribution in [3.05, 3.63) is 113 Å². The van der Waals surface area contributed by atoms with Crippen LogP contribution in [0.25, 0.3) is 22.6 Å². The Hall–Kier alpha value is -3.63. The Bertz CT molecular complexity index is 1500. The second kappa shape index (κ2) is 9.68. The fourth-order valence-corrected chi connectivity index (χ4v) is 6.49. The van der Waals surface area contributed by atoms with E-state index in [4.69, 9.17) is 15.7 Å². The van der Waals surface area contributed by atoms with Crippen molar-refractivity contribution in [2.45, 2.75) is 57.4 Å². The van der Waals surface area contributed by atoms with Crippen molar-refractivity contribution < 1.29 is 0 Å². The van der Waals surface area contributed by atoms with Crippen molar-refractivity contribution in [1.82, 2.24) is 15.0 Å². The topological polar surface area (TPSA) is 64.7 Å². The molecule has 0 fully saturated rings. The summed E-state index contributed by atoms with van der Waals surface area (Å²) >= 11 is 0. The van der Waals surface area contributed by atoms with Gasteiger partial charge < -0.3 is 5.73 Å². The van der Waals surface area contributed by atoms with Crippen molar-refractivity contribution in [2.75, 3.05) is 0 Å². The molecule has 4 heteroatoms. The minimum atomic E-state index is 0.0789. The summed E-state index contributed by atoms with van der Waals surface area (Å²) in [6.45, 7) is 6.68. The van der Waals surface area contributed by atoms with Gasteiger partial charge in [0.2, 0.25) is 0 Å². The summed E-state index contributed by atoms with van der Waals surface area (Å²) in [6.07, 6.45) is 14.2. The zero-order valence-corrected chi connectivity index (χ0v) is 21.5. The largest absolute Gasteiger partial charge is 0.323 e. The van der Waals surface area contributed by atoms with E-state index in [1.54, 1.807) is 0 Å². The van der Waals surface area contributed by atoms with Gasteiger partial charge in [-0.25, -0.2) is 4.98 Å². The average molecular weight is 487 g/mol. The molecule has 0 saturated heterocycles. The van der Waals surface area contributed by atoms with Crippen LogP contribution in [0, 0.1) is 5.41 Å². The van der Waals surface area contributed by atoms with Crippen molar-refractivity contribution in [2.24, 2.45) is 11.1 Å². The van der Waals surface area contributed by atoms with E-state index >= 15 is 0 Å². The summed E-state index contributed by atoms with van der Waals surface area (Å²) < 4.78 is 0. The molecular formula is C33H34N4. The van der Waals surface area contributed by atoms with Crippen molar-refractivity contribution >= 4 is 22.6 Å². The highest BCUT2D eigenvalue weighted by Gasteiger charge is 2.42. The lowest BCUT2D eigenvalue weighted by Gasteiger charge is -2.34. The number of aromatic nitrogens is 3. The lowest BCUT2D eigenvalue weighted by atomic mass is 9.73. The van der Waals surface area contributed by atoms with Gasteiger partial charge in [-0.15, -0.1) is 0 Å². The van der Waals surface area contributed by atoms with E-state index in [0.29, 0.717) is 0 Å². The predicted octanol–water partition coefficient (Wildman–Crippen LogP) is 7.21. The Morgan fingerprint density at radius 3 is 2.76 bits per heavy atom. The van der Waals surface area contributed by atoms with Gasteiger partial charge in [0.15, 0.2) is 0 Å². The number of rotatable bonds is 7. The third-order valence-corrected chi connectivity index (χ3v) is 8.48. The average Bonchev–Trinajstić information content (AvgIpc) is 3.22. The van der Waals surface area contributed by atoms with Gasteiger partial charge in [-0.05, 0) is 71.6 Å². The van der Waals surface area contributed by atoms with Crippen LogP contribution in [0.2, 0.25) is 0 Å². The predicted molar refractivity (Wildman–Crippen MR) is 152 cm³/mol. The van der Waals surface area contributed by atoms with Crippen LogP contribution in [0.15, 0.2) is 79.6 Å². The number of allylic oxidation sites excluding steroid dienone is 2. The number of hydrogen-bond donors (Lipinski definition) is 1. The Labute approximate surface area is 219 Å². The summed E-state index contributed by atoms with van der Waals surface area (Å²) in [5.74, 6) is 0.267. The van der Waals surface area contributed by atoms with E-state index in [1.165, 1.54) is 22.1 Å². The molecule has 2 unspecified atom stereocenters. The van der Waals surface area contributed by atoms with Crippen LogP contribution in [-0.4, -0.2) is 15.0 Å². The molecular weight excluding hydrogens is 452 g/mol. The molecule has 3 atom stereocenters. The van der Waals surface area contributed by atoms with Gasteiger partial charge in [0.05, 0.1) is 28.8 Å². The van der Waals surface area contributed by atoms with Crippen molar-refractivity contribution in [1.29, 1.82) is 0 Å². The van der Waals surface area contributed by atoms with Gasteiger partial charge in [0, 0.05) is 30.0 Å². The SMILES string of the molecule is C=C(CCC1(CCC)Cc2ccccc2[C@H]1N)c1cnc2c(n1)C=CC(c1cccc3ncccc13)C2. The van der Waals surface area contributed by atoms with E-state index in [-0.39, 0.29) is 17.4 Å². The second-order valence-electron chi connectivity index (χ2n) is 10.7. The van der Waals surface area contributed by atoms with Crippen LogP contribution in [0.1, 0.15) is 78.3 Å². The minimum absolute atomic E-state index is 0.0789. The molecule has 0 radical (unpaired) electrons. The van der Waals surface area contributed by atoms with Crippen LogP contribution in [0.3, 0.4) is 0 Å². The van der Waals surface area contributed by atoms with E-state index in [9.17, 15) is 0 Å². The van der Waals surface area contributed by atoms with Crippen molar-refractivity contribution in [3.63, 3.8) is 0 Å². The Morgan fingerprint density at radius 1 is 1.03 bits per heavy atom. The lowest BCUT2D eigenvalue weighted by molar-refractivity contribution is 0.206. The molecule has 0 bridgehead atoms. The van der Waals surface area contributed by atoms with Crippen LogP contribution in [-0.2, 0) is 12.8 Å². The summed E-state index contributed by atoms with van der Waals surface area (Å²) in [7, 11) is 0. The molecule has 2 aromatic heterocycles. The molecule has 6 rings (SSSR count). The van der Waals surface area contributed by atoms with Gasteiger partial charge in [-0.1, -0.05) is 68.5 Å². The molecule has 2 N–H and O–H groups in total. The van der Waals surface area contributed by atoms with Gasteiger partial charge in [-0.3, -0.25) is 9.97 Å². The number of hydrogen-bond acceptors (Lipinski definition) is 4. The zero-order chi connectivity index (χ0) is 25.4. The molecule has 2 aliphatic rings. The summed E-state index contributed by atoms with van der Waals surface area (Å²) in [5.41, 5.74) is 15.9. The van der Waals surface area contributed by atoms with E-state index < -0.39 is 0 Å². The minimum Gasteiger partial charge on any atom is -0.323 e. The van der Waals surface area contributed by atoms with Crippen LogP contribution >= 0.6 is 0 Å². The Kier molecular flexibility index (Phi) is 6.21. The molecule has 0 aliphatic heterocycles. The van der Waals surface area contributed by atoms with Gasteiger partial charge in [-0.2, -0.15) is 0 Å². The second-order valence-corrected chi connectivity index (χ2v) is 10.7. The fourth-order valence-electron chi connectivity index (χ4n) is 6.49. The monoisotopic (exact) mass is 486 g/mol. The normalized spacial score (nSPS) is 22.1. The van der Waals surface area contributed by atoms with E-state index in [0.717, 1.165) is 66.7 Å². The number of nitrogens with zero attached hydrogens (tertiary/aromatic N) is 3. The molecule has 0 amide bonds. The maximum absolute atomic E-state index is 6.85. The molecule has 186 valence electrons. The quantitative estimate of drug-likeness (QED) is 0.300. The highest BCUT2D eigenvalue weighted by Crippen LogP contribution is 2.51. The highest BCUT2D eigenvalue weighted by atomic mass is 14.8. The van der Waals surface area contributed by atoms with Crippen molar-refractivity contribution in [3.8, 4) is 0 Å². The summed E-state index contributed by atoms with van der Waals surface area (Å²) in [6, 6.07) is 19.3. The smallest absolute Gasteiger partial charge is 0.0849 e. The van der Waals surface area contributed by atoms with Gasteiger partial charge in [0.25, 0.3) is 0 Å². The first-order valence-electron chi connectivity index (χ1n) is 13.5. The third kappa shape index (κ3) is 4.30. The number of pyridine rings is 1. The molecule has 2 aliphatic carbocycles. The standard InChI is InChI=1S/C33H34N4/c1-3-16-33(20-24-8-4-5-9-26(24)32(33)34)17-15-22(2)31-21-36-30-19-23(13-14-29(30)37-31)25-10-6-12-28-27(25)11-7-18-35-28/h4-14,18,21,23,32H,2-3,15-17,19-20,34H2,1H3/t23?,32-,33?/m1/s1. The van der Waals surface area contributed by atoms with Crippen LogP contribution < -0.4 is 5.73 Å². The zero-order valence-electron chi connectivity index (χ0n) is 21.5. The highest BCUT2D eigenvalue weighted by molar-refractivity contribution is 5.83. The first kappa shape index (κ1) is 23.7. The number of fused-ring (bicyclic) bond motifs is 3. The Balaban J connectivity index is 1.19. The first-order chi connectivity index (χ1) is 18.1. The molecule has 0 spiro atoms. The maximum atomic E-state index is 6.85. The molecule has 2 aromatic carbocycles. The van der Waals surface area contributed by atoms with Crippen LogP contribution in [0.5, 0.6) is 0 Å². The lowest BCUT2D eigenvalue weighted by Crippen LogP contribution is -2.31. The van der Waals surface area contributed by atoms with Gasteiger partial charge >= 0.3 is 0 Å². The third-order valence-electron chi connectivity index (χ3n) is 8.48. The molecule has 4 aromatic rings. The molecule has 4 nitrogen and oxygen atoms in total.